The topological polar surface area (TPSA) is 49.4 Å². The Kier molecular flexibility index (Phi) is 5.00. The standard InChI is InChI=1S/C15H24N2O2/c1-2-12-10-15(19)17(11-12)9-8-14(18)16-13-6-4-3-5-7-13/h2,12-13H,1,3-11H2,(H,16,18). The molecule has 0 radical (unpaired) electrons. The monoisotopic (exact) mass is 264 g/mol. The predicted octanol–water partition coefficient (Wildman–Crippen LogP) is 1.86. The maximum absolute atomic E-state index is 11.9. The van der Waals surface area contributed by atoms with E-state index >= 15 is 0 Å². The minimum Gasteiger partial charge on any atom is -0.353 e. The Morgan fingerprint density at radius 3 is 2.74 bits per heavy atom. The van der Waals surface area contributed by atoms with E-state index in [0.29, 0.717) is 25.4 Å². The Hall–Kier alpha value is -1.32. The molecule has 1 unspecified atom stereocenters. The van der Waals surface area contributed by atoms with Gasteiger partial charge >= 0.3 is 0 Å². The minimum absolute atomic E-state index is 0.0850. The highest BCUT2D eigenvalue weighted by atomic mass is 16.2. The van der Waals surface area contributed by atoms with Gasteiger partial charge in [-0.1, -0.05) is 25.3 Å². The molecule has 1 saturated heterocycles. The van der Waals surface area contributed by atoms with Crippen molar-refractivity contribution in [3.63, 3.8) is 0 Å². The van der Waals surface area contributed by atoms with E-state index < -0.39 is 0 Å². The lowest BCUT2D eigenvalue weighted by molar-refractivity contribution is -0.128. The number of hydrogen-bond donors (Lipinski definition) is 1. The molecule has 1 saturated carbocycles. The van der Waals surface area contributed by atoms with Gasteiger partial charge in [0.15, 0.2) is 0 Å². The van der Waals surface area contributed by atoms with Gasteiger partial charge in [-0.05, 0) is 12.8 Å². The third-order valence-corrected chi connectivity index (χ3v) is 4.16. The lowest BCUT2D eigenvalue weighted by Crippen LogP contribution is -2.38. The molecule has 4 heteroatoms. The first-order valence-corrected chi connectivity index (χ1v) is 7.38. The second-order valence-corrected chi connectivity index (χ2v) is 5.69. The number of nitrogens with zero attached hydrogens (tertiary/aromatic N) is 1. The van der Waals surface area contributed by atoms with Gasteiger partial charge in [-0.2, -0.15) is 0 Å². The van der Waals surface area contributed by atoms with Crippen LogP contribution in [0, 0.1) is 5.92 Å². The van der Waals surface area contributed by atoms with Gasteiger partial charge in [-0.25, -0.2) is 0 Å². The van der Waals surface area contributed by atoms with Crippen LogP contribution < -0.4 is 5.32 Å². The van der Waals surface area contributed by atoms with Crippen LogP contribution in [0.1, 0.15) is 44.9 Å². The van der Waals surface area contributed by atoms with Gasteiger partial charge in [-0.15, -0.1) is 6.58 Å². The molecular weight excluding hydrogens is 240 g/mol. The second-order valence-electron chi connectivity index (χ2n) is 5.69. The summed E-state index contributed by atoms with van der Waals surface area (Å²) in [5, 5.41) is 3.09. The molecule has 0 bridgehead atoms. The fraction of sp³-hybridized carbons (Fsp3) is 0.733. The van der Waals surface area contributed by atoms with Crippen molar-refractivity contribution in [1.82, 2.24) is 10.2 Å². The molecule has 106 valence electrons. The van der Waals surface area contributed by atoms with Crippen LogP contribution in [0.25, 0.3) is 0 Å². The summed E-state index contributed by atoms with van der Waals surface area (Å²) in [6, 6.07) is 0.358. The van der Waals surface area contributed by atoms with E-state index in [1.165, 1.54) is 19.3 Å². The maximum Gasteiger partial charge on any atom is 0.223 e. The van der Waals surface area contributed by atoms with Crippen LogP contribution in [0.4, 0.5) is 0 Å². The van der Waals surface area contributed by atoms with Gasteiger partial charge in [-0.3, -0.25) is 9.59 Å². The zero-order chi connectivity index (χ0) is 13.7. The number of amides is 2. The zero-order valence-corrected chi connectivity index (χ0v) is 11.6. The molecule has 2 fully saturated rings. The van der Waals surface area contributed by atoms with Crippen LogP contribution in [0.15, 0.2) is 12.7 Å². The lowest BCUT2D eigenvalue weighted by atomic mass is 9.95. The molecule has 2 aliphatic rings. The van der Waals surface area contributed by atoms with Crippen molar-refractivity contribution >= 4 is 11.8 Å². The van der Waals surface area contributed by atoms with Crippen LogP contribution in [0.2, 0.25) is 0 Å². The van der Waals surface area contributed by atoms with Gasteiger partial charge in [0.25, 0.3) is 0 Å². The third kappa shape index (κ3) is 4.08. The summed E-state index contributed by atoms with van der Waals surface area (Å²) in [6.45, 7) is 4.99. The van der Waals surface area contributed by atoms with E-state index in [0.717, 1.165) is 19.4 Å². The van der Waals surface area contributed by atoms with E-state index in [4.69, 9.17) is 0 Å². The molecule has 1 heterocycles. The van der Waals surface area contributed by atoms with Crippen molar-refractivity contribution in [2.75, 3.05) is 13.1 Å². The predicted molar refractivity (Wildman–Crippen MR) is 74.5 cm³/mol. The highest BCUT2D eigenvalue weighted by molar-refractivity contribution is 5.81. The molecule has 0 aromatic heterocycles. The smallest absolute Gasteiger partial charge is 0.223 e. The molecule has 1 aliphatic carbocycles. The van der Waals surface area contributed by atoms with Crippen molar-refractivity contribution in [1.29, 1.82) is 0 Å². The zero-order valence-electron chi connectivity index (χ0n) is 11.6. The molecule has 1 atom stereocenters. The lowest BCUT2D eigenvalue weighted by Gasteiger charge is -2.23. The average molecular weight is 264 g/mol. The number of carbonyl (C=O) groups excluding carboxylic acids is 2. The first-order chi connectivity index (χ1) is 9.19. The van der Waals surface area contributed by atoms with E-state index in [2.05, 4.69) is 11.9 Å². The normalized spacial score (nSPS) is 24.5. The summed E-state index contributed by atoms with van der Waals surface area (Å²) in [5.74, 6) is 0.492. The molecule has 2 rings (SSSR count). The van der Waals surface area contributed by atoms with E-state index in [-0.39, 0.29) is 17.7 Å². The molecule has 1 N–H and O–H groups in total. The van der Waals surface area contributed by atoms with Crippen LogP contribution in [0.5, 0.6) is 0 Å². The summed E-state index contributed by atoms with van der Waals surface area (Å²) in [5.41, 5.74) is 0. The van der Waals surface area contributed by atoms with Crippen LogP contribution in [-0.4, -0.2) is 35.8 Å². The highest BCUT2D eigenvalue weighted by Crippen LogP contribution is 2.19. The fourth-order valence-electron chi connectivity index (χ4n) is 2.96. The van der Waals surface area contributed by atoms with Crippen molar-refractivity contribution in [2.24, 2.45) is 5.92 Å². The first-order valence-electron chi connectivity index (χ1n) is 7.38. The Morgan fingerprint density at radius 1 is 1.37 bits per heavy atom. The van der Waals surface area contributed by atoms with Crippen LogP contribution in [0.3, 0.4) is 0 Å². The van der Waals surface area contributed by atoms with Crippen LogP contribution >= 0.6 is 0 Å². The number of hydrogen-bond acceptors (Lipinski definition) is 2. The summed E-state index contributed by atoms with van der Waals surface area (Å²) in [6.07, 6.45) is 8.74. The molecule has 0 spiro atoms. The molecule has 0 aromatic rings. The highest BCUT2D eigenvalue weighted by Gasteiger charge is 2.27. The Labute approximate surface area is 115 Å². The molecule has 4 nitrogen and oxygen atoms in total. The summed E-state index contributed by atoms with van der Waals surface area (Å²) >= 11 is 0. The number of nitrogens with one attached hydrogen (secondary N) is 1. The number of likely N-dealkylation sites (tertiary alicyclic amines) is 1. The Bertz CT molecular complexity index is 348. The maximum atomic E-state index is 11.9. The van der Waals surface area contributed by atoms with Gasteiger partial charge in [0.05, 0.1) is 0 Å². The molecular formula is C15H24N2O2. The third-order valence-electron chi connectivity index (χ3n) is 4.16. The first kappa shape index (κ1) is 14.1. The molecule has 0 aromatic carbocycles. The van der Waals surface area contributed by atoms with Crippen molar-refractivity contribution in [3.05, 3.63) is 12.7 Å². The van der Waals surface area contributed by atoms with E-state index in [9.17, 15) is 9.59 Å². The fourth-order valence-corrected chi connectivity index (χ4v) is 2.96. The summed E-state index contributed by atoms with van der Waals surface area (Å²) in [7, 11) is 0. The van der Waals surface area contributed by atoms with Gasteiger partial charge in [0.2, 0.25) is 11.8 Å². The van der Waals surface area contributed by atoms with Crippen LogP contribution in [-0.2, 0) is 9.59 Å². The van der Waals surface area contributed by atoms with Gasteiger partial charge < -0.3 is 10.2 Å². The van der Waals surface area contributed by atoms with Gasteiger partial charge in [0, 0.05) is 37.9 Å². The average Bonchev–Trinajstić information content (AvgIpc) is 2.78. The second kappa shape index (κ2) is 6.73. The largest absolute Gasteiger partial charge is 0.353 e. The molecule has 1 aliphatic heterocycles. The van der Waals surface area contributed by atoms with Crippen molar-refractivity contribution in [2.45, 2.75) is 51.0 Å². The van der Waals surface area contributed by atoms with E-state index in [1.807, 2.05) is 6.08 Å². The number of carbonyl (C=O) groups is 2. The Morgan fingerprint density at radius 2 is 2.11 bits per heavy atom. The minimum atomic E-state index is 0.0850. The SMILES string of the molecule is C=CC1CC(=O)N(CCC(=O)NC2CCCCC2)C1. The summed E-state index contributed by atoms with van der Waals surface area (Å²) in [4.78, 5) is 25.3. The summed E-state index contributed by atoms with van der Waals surface area (Å²) < 4.78 is 0. The molecule has 2 amide bonds. The quantitative estimate of drug-likeness (QED) is 0.771. The van der Waals surface area contributed by atoms with E-state index in [1.54, 1.807) is 4.90 Å². The molecule has 19 heavy (non-hydrogen) atoms. The number of rotatable bonds is 5. The van der Waals surface area contributed by atoms with Crippen molar-refractivity contribution < 1.29 is 9.59 Å². The Balaban J connectivity index is 1.68. The van der Waals surface area contributed by atoms with Gasteiger partial charge in [0.1, 0.15) is 0 Å². The van der Waals surface area contributed by atoms with Crippen molar-refractivity contribution in [3.8, 4) is 0 Å².